The van der Waals surface area contributed by atoms with E-state index in [-0.39, 0.29) is 5.91 Å². The van der Waals surface area contributed by atoms with E-state index in [4.69, 9.17) is 0 Å². The number of carbonyl (C=O) groups excluding carboxylic acids is 1. The van der Waals surface area contributed by atoms with Crippen LogP contribution >= 0.6 is 27.3 Å². The summed E-state index contributed by atoms with van der Waals surface area (Å²) in [7, 11) is 0. The number of hydrogen-bond acceptors (Lipinski definition) is 3. The van der Waals surface area contributed by atoms with Gasteiger partial charge in [0.25, 0.3) is 5.91 Å². The van der Waals surface area contributed by atoms with Crippen LogP contribution in [0.2, 0.25) is 0 Å². The second kappa shape index (κ2) is 6.37. The topological polar surface area (TPSA) is 42.0 Å². The highest BCUT2D eigenvalue weighted by atomic mass is 79.9. The van der Waals surface area contributed by atoms with Crippen LogP contribution in [0, 0.1) is 0 Å². The van der Waals surface area contributed by atoms with Crippen molar-refractivity contribution in [3.63, 3.8) is 0 Å². The van der Waals surface area contributed by atoms with Crippen LogP contribution in [-0.2, 0) is 6.42 Å². The Morgan fingerprint density at radius 2 is 2.00 bits per heavy atom. The number of hydrogen-bond donors (Lipinski definition) is 1. The van der Waals surface area contributed by atoms with Gasteiger partial charge in [-0.3, -0.25) is 4.79 Å². The zero-order valence-electron chi connectivity index (χ0n) is 11.2. The number of aromatic nitrogens is 1. The summed E-state index contributed by atoms with van der Waals surface area (Å²) in [5.74, 6) is -0.0450. The molecule has 0 saturated carbocycles. The third-order valence-electron chi connectivity index (χ3n) is 3.17. The summed E-state index contributed by atoms with van der Waals surface area (Å²) in [6.07, 6.45) is 2.55. The van der Waals surface area contributed by atoms with Gasteiger partial charge in [-0.2, -0.15) is 0 Å². The average molecular weight is 361 g/mol. The molecule has 0 spiro atoms. The first kappa shape index (κ1) is 14.2. The Balaban J connectivity index is 1.68. The van der Waals surface area contributed by atoms with Gasteiger partial charge in [0.15, 0.2) is 0 Å². The number of nitrogens with one attached hydrogen (secondary N) is 1. The quantitative estimate of drug-likeness (QED) is 0.762. The lowest BCUT2D eigenvalue weighted by Gasteiger charge is -2.06. The molecule has 3 rings (SSSR count). The summed E-state index contributed by atoms with van der Waals surface area (Å²) in [6.45, 7) is 0.602. The molecule has 0 aliphatic heterocycles. The van der Waals surface area contributed by atoms with Gasteiger partial charge in [0.1, 0.15) is 0 Å². The van der Waals surface area contributed by atoms with Crippen LogP contribution in [0.1, 0.15) is 15.4 Å². The Bertz CT molecular complexity index is 771. The van der Waals surface area contributed by atoms with Gasteiger partial charge >= 0.3 is 0 Å². The van der Waals surface area contributed by atoms with Crippen molar-refractivity contribution in [1.29, 1.82) is 0 Å². The molecule has 21 heavy (non-hydrogen) atoms. The number of nitrogens with zero attached hydrogens (tertiary/aromatic N) is 1. The van der Waals surface area contributed by atoms with Crippen molar-refractivity contribution < 1.29 is 4.79 Å². The molecule has 1 N–H and O–H groups in total. The van der Waals surface area contributed by atoms with Gasteiger partial charge in [0.05, 0.1) is 5.01 Å². The summed E-state index contributed by atoms with van der Waals surface area (Å²) >= 11 is 5.06. The van der Waals surface area contributed by atoms with Crippen LogP contribution in [0.25, 0.3) is 10.8 Å². The predicted molar refractivity (Wildman–Crippen MR) is 89.8 cm³/mol. The van der Waals surface area contributed by atoms with E-state index in [0.717, 1.165) is 26.7 Å². The smallest absolute Gasteiger partial charge is 0.251 e. The van der Waals surface area contributed by atoms with Crippen molar-refractivity contribution in [1.82, 2.24) is 10.3 Å². The Hall–Kier alpha value is -1.72. The first-order valence-corrected chi connectivity index (χ1v) is 8.25. The van der Waals surface area contributed by atoms with Crippen LogP contribution in [0.5, 0.6) is 0 Å². The summed E-state index contributed by atoms with van der Waals surface area (Å²) in [5, 5.41) is 8.09. The molecule has 3 nitrogen and oxygen atoms in total. The Morgan fingerprint density at radius 1 is 1.19 bits per heavy atom. The molecule has 0 radical (unpaired) electrons. The molecule has 0 unspecified atom stereocenters. The summed E-state index contributed by atoms with van der Waals surface area (Å²) < 4.78 is 1.04. The van der Waals surface area contributed by atoms with Gasteiger partial charge in [-0.1, -0.05) is 28.1 Å². The Kier molecular flexibility index (Phi) is 4.31. The number of fused-ring (bicyclic) bond motifs is 1. The van der Waals surface area contributed by atoms with E-state index in [1.807, 2.05) is 41.8 Å². The molecule has 1 aromatic heterocycles. The molecule has 0 bridgehead atoms. The van der Waals surface area contributed by atoms with Gasteiger partial charge in [0, 0.05) is 34.6 Å². The monoisotopic (exact) mass is 360 g/mol. The van der Waals surface area contributed by atoms with Crippen LogP contribution in [0.4, 0.5) is 0 Å². The minimum absolute atomic E-state index is 0.0450. The molecule has 106 valence electrons. The van der Waals surface area contributed by atoms with Gasteiger partial charge in [-0.05, 0) is 35.0 Å². The standard InChI is InChI=1S/C16H13BrN2OS/c17-14-4-3-11-9-13(2-1-12(11)10-14)16(20)19-6-5-15-18-7-8-21-15/h1-4,7-10H,5-6H2,(H,19,20). The van der Waals surface area contributed by atoms with Crippen molar-refractivity contribution in [2.45, 2.75) is 6.42 Å². The van der Waals surface area contributed by atoms with E-state index in [9.17, 15) is 4.79 Å². The third kappa shape index (κ3) is 3.49. The lowest BCUT2D eigenvalue weighted by molar-refractivity contribution is 0.0954. The van der Waals surface area contributed by atoms with E-state index < -0.39 is 0 Å². The molecule has 1 amide bonds. The molecular weight excluding hydrogens is 348 g/mol. The van der Waals surface area contributed by atoms with Gasteiger partial charge < -0.3 is 5.32 Å². The highest BCUT2D eigenvalue weighted by molar-refractivity contribution is 9.10. The molecule has 2 aromatic carbocycles. The van der Waals surface area contributed by atoms with E-state index in [1.54, 1.807) is 17.5 Å². The van der Waals surface area contributed by atoms with Crippen molar-refractivity contribution in [2.75, 3.05) is 6.54 Å². The fourth-order valence-corrected chi connectivity index (χ4v) is 3.12. The fraction of sp³-hybridized carbons (Fsp3) is 0.125. The van der Waals surface area contributed by atoms with E-state index in [0.29, 0.717) is 12.1 Å². The van der Waals surface area contributed by atoms with E-state index in [2.05, 4.69) is 26.2 Å². The number of carbonyl (C=O) groups is 1. The molecule has 0 atom stereocenters. The fourth-order valence-electron chi connectivity index (χ4n) is 2.12. The van der Waals surface area contributed by atoms with E-state index in [1.165, 1.54) is 0 Å². The SMILES string of the molecule is O=C(NCCc1nccs1)c1ccc2cc(Br)ccc2c1. The highest BCUT2D eigenvalue weighted by Gasteiger charge is 2.06. The predicted octanol–water partition coefficient (Wildman–Crippen LogP) is 4.03. The number of benzene rings is 2. The van der Waals surface area contributed by atoms with Crippen molar-refractivity contribution in [3.8, 4) is 0 Å². The Labute approximate surface area is 135 Å². The van der Waals surface area contributed by atoms with Gasteiger partial charge in [0.2, 0.25) is 0 Å². The molecule has 0 aliphatic rings. The van der Waals surface area contributed by atoms with Gasteiger partial charge in [-0.15, -0.1) is 11.3 Å². The average Bonchev–Trinajstić information content (AvgIpc) is 3.00. The maximum atomic E-state index is 12.1. The van der Waals surface area contributed by atoms with Crippen LogP contribution in [0.3, 0.4) is 0 Å². The van der Waals surface area contributed by atoms with Crippen LogP contribution in [0.15, 0.2) is 52.4 Å². The van der Waals surface area contributed by atoms with Crippen molar-refractivity contribution in [2.24, 2.45) is 0 Å². The normalized spacial score (nSPS) is 10.7. The lowest BCUT2D eigenvalue weighted by atomic mass is 10.1. The number of amides is 1. The first-order valence-electron chi connectivity index (χ1n) is 6.58. The number of halogens is 1. The van der Waals surface area contributed by atoms with Crippen molar-refractivity contribution in [3.05, 3.63) is 63.0 Å². The lowest BCUT2D eigenvalue weighted by Crippen LogP contribution is -2.25. The second-order valence-corrected chi connectivity index (χ2v) is 6.53. The summed E-state index contributed by atoms with van der Waals surface area (Å²) in [6, 6.07) is 11.8. The minimum atomic E-state index is -0.0450. The molecule has 0 saturated heterocycles. The molecule has 5 heteroatoms. The third-order valence-corrected chi connectivity index (χ3v) is 4.51. The van der Waals surface area contributed by atoms with E-state index >= 15 is 0 Å². The van der Waals surface area contributed by atoms with Crippen molar-refractivity contribution >= 4 is 43.9 Å². The zero-order chi connectivity index (χ0) is 14.7. The number of rotatable bonds is 4. The Morgan fingerprint density at radius 3 is 2.81 bits per heavy atom. The molecule has 0 fully saturated rings. The molecule has 1 heterocycles. The van der Waals surface area contributed by atoms with Crippen LogP contribution < -0.4 is 5.32 Å². The number of thiazole rings is 1. The molecular formula is C16H13BrN2OS. The summed E-state index contributed by atoms with van der Waals surface area (Å²) in [4.78, 5) is 16.3. The molecule has 3 aromatic rings. The highest BCUT2D eigenvalue weighted by Crippen LogP contribution is 2.21. The maximum Gasteiger partial charge on any atom is 0.251 e. The van der Waals surface area contributed by atoms with Crippen LogP contribution in [-0.4, -0.2) is 17.4 Å². The van der Waals surface area contributed by atoms with Gasteiger partial charge in [-0.25, -0.2) is 4.98 Å². The molecule has 0 aliphatic carbocycles. The summed E-state index contributed by atoms with van der Waals surface area (Å²) in [5.41, 5.74) is 0.684. The zero-order valence-corrected chi connectivity index (χ0v) is 13.6. The largest absolute Gasteiger partial charge is 0.352 e. The minimum Gasteiger partial charge on any atom is -0.352 e. The maximum absolute atomic E-state index is 12.1. The second-order valence-electron chi connectivity index (χ2n) is 4.64. The first-order chi connectivity index (χ1) is 10.2.